The fraction of sp³-hybridized carbons (Fsp3) is 0.462. The highest BCUT2D eigenvalue weighted by Crippen LogP contribution is 2.40. The van der Waals surface area contributed by atoms with Crippen LogP contribution in [0.4, 0.5) is 5.69 Å². The molecule has 2 saturated heterocycles. The number of hydrogen-bond donors (Lipinski definition) is 0. The molecule has 0 aliphatic carbocycles. The van der Waals surface area contributed by atoms with E-state index in [1.165, 1.54) is 23.8 Å². The van der Waals surface area contributed by atoms with Crippen molar-refractivity contribution < 1.29 is 19.1 Å². The molecule has 7 nitrogen and oxygen atoms in total. The van der Waals surface area contributed by atoms with E-state index in [0.29, 0.717) is 19.5 Å². The van der Waals surface area contributed by atoms with Crippen molar-refractivity contribution in [2.45, 2.75) is 38.8 Å². The van der Waals surface area contributed by atoms with Crippen molar-refractivity contribution in [2.75, 3.05) is 45.4 Å². The normalized spacial score (nSPS) is 18.1. The van der Waals surface area contributed by atoms with E-state index < -0.39 is 11.5 Å². The molecular weight excluding hydrogens is 418 g/mol. The number of para-hydroxylation sites is 1. The highest BCUT2D eigenvalue weighted by Gasteiger charge is 2.54. The van der Waals surface area contributed by atoms with Crippen LogP contribution in [-0.4, -0.2) is 67.7 Å². The average molecular weight is 452 g/mol. The molecule has 0 aromatic heterocycles. The Hall–Kier alpha value is -3.06. The Labute approximate surface area is 195 Å². The van der Waals surface area contributed by atoms with Crippen LogP contribution in [0.1, 0.15) is 29.5 Å². The number of piperidine rings is 1. The lowest BCUT2D eigenvalue weighted by Crippen LogP contribution is -2.56. The summed E-state index contributed by atoms with van der Waals surface area (Å²) in [5, 5.41) is 0. The van der Waals surface area contributed by atoms with E-state index in [-0.39, 0.29) is 12.5 Å². The topological polar surface area (TPSA) is 62.3 Å². The zero-order valence-corrected chi connectivity index (χ0v) is 20.0. The summed E-state index contributed by atoms with van der Waals surface area (Å²) in [5.41, 5.74) is 4.09. The predicted molar refractivity (Wildman–Crippen MR) is 127 cm³/mol. The van der Waals surface area contributed by atoms with Crippen LogP contribution in [0.3, 0.4) is 0 Å². The molecule has 2 heterocycles. The molecule has 1 amide bonds. The SMILES string of the molecule is COC(=O)CN1CN(c2ccccc2)C2(CCN(Cc3ccc(OC)c(C)c3C)CC2)C1=O. The van der Waals surface area contributed by atoms with E-state index in [2.05, 4.69) is 29.7 Å². The smallest absolute Gasteiger partial charge is 0.325 e. The molecule has 1 spiro atoms. The minimum absolute atomic E-state index is 0.0194. The summed E-state index contributed by atoms with van der Waals surface area (Å²) in [6.07, 6.45) is 1.43. The van der Waals surface area contributed by atoms with Gasteiger partial charge in [0, 0.05) is 25.3 Å². The molecule has 33 heavy (non-hydrogen) atoms. The number of hydrogen-bond acceptors (Lipinski definition) is 6. The van der Waals surface area contributed by atoms with Gasteiger partial charge >= 0.3 is 5.97 Å². The number of likely N-dealkylation sites (tertiary alicyclic amines) is 1. The van der Waals surface area contributed by atoms with Crippen molar-refractivity contribution in [2.24, 2.45) is 0 Å². The van der Waals surface area contributed by atoms with E-state index in [0.717, 1.165) is 31.1 Å². The number of ether oxygens (including phenoxy) is 2. The molecule has 0 atom stereocenters. The number of anilines is 1. The van der Waals surface area contributed by atoms with Crippen molar-refractivity contribution in [3.8, 4) is 5.75 Å². The van der Waals surface area contributed by atoms with Crippen LogP contribution in [0.25, 0.3) is 0 Å². The summed E-state index contributed by atoms with van der Waals surface area (Å²) in [4.78, 5) is 31.8. The predicted octanol–water partition coefficient (Wildman–Crippen LogP) is 3.13. The van der Waals surface area contributed by atoms with E-state index in [9.17, 15) is 9.59 Å². The molecule has 2 aliphatic heterocycles. The van der Waals surface area contributed by atoms with Gasteiger partial charge in [0.25, 0.3) is 5.91 Å². The Balaban J connectivity index is 1.53. The monoisotopic (exact) mass is 451 g/mol. The van der Waals surface area contributed by atoms with Gasteiger partial charge in [-0.25, -0.2) is 0 Å². The largest absolute Gasteiger partial charge is 0.496 e. The van der Waals surface area contributed by atoms with Gasteiger partial charge in [-0.1, -0.05) is 24.3 Å². The maximum absolute atomic E-state index is 13.6. The highest BCUT2D eigenvalue weighted by atomic mass is 16.5. The molecule has 0 saturated carbocycles. The van der Waals surface area contributed by atoms with Crippen LogP contribution in [0.5, 0.6) is 5.75 Å². The average Bonchev–Trinajstić information content (AvgIpc) is 3.10. The lowest BCUT2D eigenvalue weighted by molar-refractivity contribution is -0.146. The standard InChI is InChI=1S/C26H33N3O4/c1-19-20(2)23(32-3)11-10-21(19)16-27-14-12-26(13-15-27)25(31)28(17-24(30)33-4)18-29(26)22-8-6-5-7-9-22/h5-11H,12-18H2,1-4H3. The van der Waals surface area contributed by atoms with Crippen LogP contribution >= 0.6 is 0 Å². The maximum Gasteiger partial charge on any atom is 0.325 e. The quantitative estimate of drug-likeness (QED) is 0.629. The first-order valence-corrected chi connectivity index (χ1v) is 11.4. The van der Waals surface area contributed by atoms with Crippen molar-refractivity contribution >= 4 is 17.6 Å². The Bertz CT molecular complexity index is 1020. The minimum Gasteiger partial charge on any atom is -0.496 e. The number of amides is 1. The van der Waals surface area contributed by atoms with Crippen LogP contribution in [0, 0.1) is 13.8 Å². The number of rotatable bonds is 6. The number of esters is 1. The van der Waals surface area contributed by atoms with Gasteiger partial charge in [-0.3, -0.25) is 14.5 Å². The number of benzene rings is 2. The fourth-order valence-electron chi connectivity index (χ4n) is 5.11. The Morgan fingerprint density at radius 3 is 2.33 bits per heavy atom. The molecule has 0 radical (unpaired) electrons. The molecular formula is C26H33N3O4. The van der Waals surface area contributed by atoms with Gasteiger partial charge < -0.3 is 19.3 Å². The molecule has 2 aromatic rings. The number of nitrogens with zero attached hydrogens (tertiary/aromatic N) is 3. The summed E-state index contributed by atoms with van der Waals surface area (Å²) >= 11 is 0. The zero-order valence-electron chi connectivity index (χ0n) is 20.0. The Kier molecular flexibility index (Phi) is 6.61. The molecule has 2 fully saturated rings. The molecule has 4 rings (SSSR count). The third kappa shape index (κ3) is 4.29. The minimum atomic E-state index is -0.628. The van der Waals surface area contributed by atoms with Gasteiger partial charge in [-0.2, -0.15) is 0 Å². The summed E-state index contributed by atoms with van der Waals surface area (Å²) < 4.78 is 10.3. The van der Waals surface area contributed by atoms with Gasteiger partial charge in [0.1, 0.15) is 17.8 Å². The van der Waals surface area contributed by atoms with Crippen molar-refractivity contribution in [3.63, 3.8) is 0 Å². The van der Waals surface area contributed by atoms with Crippen molar-refractivity contribution in [1.82, 2.24) is 9.80 Å². The van der Waals surface area contributed by atoms with E-state index >= 15 is 0 Å². The second kappa shape index (κ2) is 9.43. The summed E-state index contributed by atoms with van der Waals surface area (Å²) in [7, 11) is 3.06. The third-order valence-electron chi connectivity index (χ3n) is 7.28. The fourth-order valence-corrected chi connectivity index (χ4v) is 5.11. The van der Waals surface area contributed by atoms with Gasteiger partial charge in [-0.05, 0) is 61.6 Å². The number of methoxy groups -OCH3 is 2. The first kappa shape index (κ1) is 23.1. The molecule has 0 unspecified atom stereocenters. The van der Waals surface area contributed by atoms with Crippen molar-refractivity contribution in [1.29, 1.82) is 0 Å². The summed E-state index contributed by atoms with van der Waals surface area (Å²) in [6.45, 7) is 7.08. The first-order chi connectivity index (χ1) is 15.9. The van der Waals surface area contributed by atoms with E-state index in [1.54, 1.807) is 12.0 Å². The lowest BCUT2D eigenvalue weighted by Gasteiger charge is -2.43. The van der Waals surface area contributed by atoms with Crippen LogP contribution in [0.15, 0.2) is 42.5 Å². The zero-order chi connectivity index (χ0) is 23.6. The van der Waals surface area contributed by atoms with Gasteiger partial charge in [0.15, 0.2) is 0 Å². The molecule has 2 aliphatic rings. The third-order valence-corrected chi connectivity index (χ3v) is 7.28. The Morgan fingerprint density at radius 1 is 1.00 bits per heavy atom. The van der Waals surface area contributed by atoms with Crippen LogP contribution in [-0.2, 0) is 20.9 Å². The van der Waals surface area contributed by atoms with Gasteiger partial charge in [0.05, 0.1) is 20.9 Å². The molecule has 0 bridgehead atoms. The lowest BCUT2D eigenvalue weighted by atomic mass is 9.85. The van der Waals surface area contributed by atoms with Crippen molar-refractivity contribution in [3.05, 3.63) is 59.2 Å². The second-order valence-electron chi connectivity index (χ2n) is 8.97. The van der Waals surface area contributed by atoms with Gasteiger partial charge in [-0.15, -0.1) is 0 Å². The number of carbonyl (C=O) groups is 2. The molecule has 0 N–H and O–H groups in total. The Morgan fingerprint density at radius 2 is 1.70 bits per heavy atom. The van der Waals surface area contributed by atoms with Gasteiger partial charge in [0.2, 0.25) is 0 Å². The second-order valence-corrected chi connectivity index (χ2v) is 8.97. The number of carbonyl (C=O) groups excluding carboxylic acids is 2. The van der Waals surface area contributed by atoms with E-state index in [1.807, 2.05) is 36.4 Å². The summed E-state index contributed by atoms with van der Waals surface area (Å²) in [6, 6.07) is 14.2. The molecule has 7 heteroatoms. The highest BCUT2D eigenvalue weighted by molar-refractivity contribution is 5.95. The van der Waals surface area contributed by atoms with Crippen LogP contribution < -0.4 is 9.64 Å². The maximum atomic E-state index is 13.6. The first-order valence-electron chi connectivity index (χ1n) is 11.4. The summed E-state index contributed by atoms with van der Waals surface area (Å²) in [5.74, 6) is 0.540. The van der Waals surface area contributed by atoms with E-state index in [4.69, 9.17) is 9.47 Å². The molecule has 2 aromatic carbocycles. The molecule has 176 valence electrons. The van der Waals surface area contributed by atoms with Crippen LogP contribution in [0.2, 0.25) is 0 Å².